The van der Waals surface area contributed by atoms with Gasteiger partial charge in [-0.15, -0.1) is 0 Å². The summed E-state index contributed by atoms with van der Waals surface area (Å²) in [6.07, 6.45) is -0.770. The van der Waals surface area contributed by atoms with Crippen LogP contribution in [-0.2, 0) is 4.79 Å². The van der Waals surface area contributed by atoms with Crippen molar-refractivity contribution in [2.45, 2.75) is 6.10 Å². The molecule has 1 aromatic carbocycles. The van der Waals surface area contributed by atoms with E-state index in [1.165, 1.54) is 4.90 Å². The zero-order valence-electron chi connectivity index (χ0n) is 7.98. The van der Waals surface area contributed by atoms with Gasteiger partial charge in [0.05, 0.1) is 6.54 Å². The van der Waals surface area contributed by atoms with Gasteiger partial charge >= 0.3 is 0 Å². The molecule has 1 N–H and O–H groups in total. The van der Waals surface area contributed by atoms with E-state index in [1.54, 1.807) is 24.3 Å². The van der Waals surface area contributed by atoms with Crippen LogP contribution in [0.1, 0.15) is 0 Å². The van der Waals surface area contributed by atoms with Crippen LogP contribution in [0.25, 0.3) is 0 Å². The molecule has 0 aliphatic carbocycles. The Kier molecular flexibility index (Phi) is 2.50. The summed E-state index contributed by atoms with van der Waals surface area (Å²) in [5.41, 5.74) is 0.965. The molecule has 15 heavy (non-hydrogen) atoms. The molecule has 3 nitrogen and oxygen atoms in total. The molecular weight excluding hydrogens is 214 g/mol. The van der Waals surface area contributed by atoms with Crippen molar-refractivity contribution >= 4 is 23.2 Å². The smallest absolute Gasteiger partial charge is 0.256 e. The molecule has 2 rings (SSSR count). The Bertz CT molecular complexity index is 413. The van der Waals surface area contributed by atoms with E-state index < -0.39 is 6.10 Å². The number of rotatable bonds is 1. The van der Waals surface area contributed by atoms with Crippen LogP contribution in [0.2, 0.25) is 5.02 Å². The van der Waals surface area contributed by atoms with E-state index in [0.717, 1.165) is 5.69 Å². The molecule has 1 amide bonds. The number of benzene rings is 1. The fourth-order valence-corrected chi connectivity index (χ4v) is 1.65. The molecule has 0 bridgehead atoms. The van der Waals surface area contributed by atoms with Gasteiger partial charge in [-0.1, -0.05) is 18.2 Å². The third-order valence-corrected chi connectivity index (χ3v) is 2.67. The minimum Gasteiger partial charge on any atom is -0.386 e. The molecule has 78 valence electrons. The molecule has 1 aromatic rings. The average molecular weight is 224 g/mol. The molecule has 4 heteroatoms. The van der Waals surface area contributed by atoms with E-state index in [2.05, 4.69) is 6.58 Å². The minimum absolute atomic E-state index is 0.232. The predicted molar refractivity (Wildman–Crippen MR) is 59.0 cm³/mol. The highest BCUT2D eigenvalue weighted by atomic mass is 35.5. The van der Waals surface area contributed by atoms with Crippen molar-refractivity contribution < 1.29 is 9.90 Å². The number of hydrogen-bond donors (Lipinski definition) is 1. The van der Waals surface area contributed by atoms with Crippen LogP contribution < -0.4 is 4.90 Å². The number of halogens is 1. The Labute approximate surface area is 92.6 Å². The highest BCUT2D eigenvalue weighted by molar-refractivity contribution is 6.30. The number of aliphatic hydroxyl groups is 1. The lowest BCUT2D eigenvalue weighted by Gasteiger charge is -2.14. The minimum atomic E-state index is -0.770. The van der Waals surface area contributed by atoms with Gasteiger partial charge in [-0.25, -0.2) is 0 Å². The second-order valence-corrected chi connectivity index (χ2v) is 3.87. The number of carbonyl (C=O) groups excluding carboxylic acids is 1. The van der Waals surface area contributed by atoms with Crippen molar-refractivity contribution in [2.24, 2.45) is 0 Å². The van der Waals surface area contributed by atoms with E-state index in [9.17, 15) is 9.90 Å². The molecule has 1 atom stereocenters. The second-order valence-electron chi connectivity index (χ2n) is 3.43. The molecule has 1 aliphatic rings. The van der Waals surface area contributed by atoms with Gasteiger partial charge in [0.15, 0.2) is 0 Å². The maximum Gasteiger partial charge on any atom is 0.256 e. The van der Waals surface area contributed by atoms with Gasteiger partial charge in [0.1, 0.15) is 6.10 Å². The molecule has 1 saturated heterocycles. The van der Waals surface area contributed by atoms with Crippen LogP contribution in [-0.4, -0.2) is 23.7 Å². The van der Waals surface area contributed by atoms with Crippen LogP contribution in [0.15, 0.2) is 36.4 Å². The summed E-state index contributed by atoms with van der Waals surface area (Å²) in [6, 6.07) is 6.90. The van der Waals surface area contributed by atoms with E-state index in [4.69, 9.17) is 11.6 Å². The van der Waals surface area contributed by atoms with Crippen LogP contribution >= 0.6 is 11.6 Å². The van der Waals surface area contributed by atoms with Gasteiger partial charge in [0.25, 0.3) is 5.91 Å². The van der Waals surface area contributed by atoms with Gasteiger partial charge in [0, 0.05) is 16.3 Å². The molecule has 1 heterocycles. The number of nitrogens with zero attached hydrogens (tertiary/aromatic N) is 1. The Balaban J connectivity index is 2.29. The number of anilines is 1. The topological polar surface area (TPSA) is 40.5 Å². The average Bonchev–Trinajstić information content (AvgIpc) is 2.47. The van der Waals surface area contributed by atoms with Gasteiger partial charge in [0.2, 0.25) is 0 Å². The normalized spacial score (nSPS) is 21.2. The van der Waals surface area contributed by atoms with E-state index in [0.29, 0.717) is 5.02 Å². The summed E-state index contributed by atoms with van der Waals surface area (Å²) in [7, 11) is 0. The molecule has 0 spiro atoms. The predicted octanol–water partition coefficient (Wildman–Crippen LogP) is 1.60. The van der Waals surface area contributed by atoms with E-state index >= 15 is 0 Å². The maximum absolute atomic E-state index is 11.6. The quantitative estimate of drug-likeness (QED) is 0.735. The summed E-state index contributed by atoms with van der Waals surface area (Å²) < 4.78 is 0. The lowest BCUT2D eigenvalue weighted by Crippen LogP contribution is -2.25. The summed E-state index contributed by atoms with van der Waals surface area (Å²) >= 11 is 5.74. The SMILES string of the molecule is C=C1C(=O)N(c2ccc(Cl)cc2)CC1O. The molecule has 1 fully saturated rings. The summed E-state index contributed by atoms with van der Waals surface area (Å²) in [5.74, 6) is -0.232. The van der Waals surface area contributed by atoms with Gasteiger partial charge in [-0.05, 0) is 24.3 Å². The number of β-amino-alcohol motifs (C(OH)–C–C–N with tert-alkyl or cyclic N) is 1. The first kappa shape index (κ1) is 10.2. The van der Waals surface area contributed by atoms with Crippen LogP contribution in [0.4, 0.5) is 5.69 Å². The molecule has 1 unspecified atom stereocenters. The number of hydrogen-bond acceptors (Lipinski definition) is 2. The zero-order chi connectivity index (χ0) is 11.0. The number of aliphatic hydroxyl groups excluding tert-OH is 1. The maximum atomic E-state index is 11.6. The van der Waals surface area contributed by atoms with Crippen molar-refractivity contribution in [3.05, 3.63) is 41.4 Å². The summed E-state index contributed by atoms with van der Waals surface area (Å²) in [6.45, 7) is 3.81. The molecule has 0 saturated carbocycles. The van der Waals surface area contributed by atoms with Gasteiger partial charge in [-0.3, -0.25) is 4.79 Å². The third-order valence-electron chi connectivity index (χ3n) is 2.42. The van der Waals surface area contributed by atoms with Crippen LogP contribution in [0, 0.1) is 0 Å². The number of amides is 1. The lowest BCUT2D eigenvalue weighted by atomic mass is 10.2. The second kappa shape index (κ2) is 3.68. The first-order valence-electron chi connectivity index (χ1n) is 4.54. The standard InChI is InChI=1S/C11H10ClNO2/c1-7-10(14)6-13(11(7)15)9-4-2-8(12)3-5-9/h2-5,10,14H,1,6H2. The third kappa shape index (κ3) is 1.76. The molecule has 0 radical (unpaired) electrons. The Morgan fingerprint density at radius 1 is 1.40 bits per heavy atom. The summed E-state index contributed by atoms with van der Waals surface area (Å²) in [5, 5.41) is 10.1. The van der Waals surface area contributed by atoms with Crippen molar-refractivity contribution in [3.8, 4) is 0 Å². The lowest BCUT2D eigenvalue weighted by molar-refractivity contribution is -0.114. The van der Waals surface area contributed by atoms with Crippen LogP contribution in [0.5, 0.6) is 0 Å². The Morgan fingerprint density at radius 2 is 2.00 bits per heavy atom. The molecule has 0 aromatic heterocycles. The van der Waals surface area contributed by atoms with Crippen molar-refractivity contribution in [1.29, 1.82) is 0 Å². The fourth-order valence-electron chi connectivity index (χ4n) is 1.53. The first-order valence-corrected chi connectivity index (χ1v) is 4.91. The monoisotopic (exact) mass is 223 g/mol. The molecule has 1 aliphatic heterocycles. The van der Waals surface area contributed by atoms with Crippen molar-refractivity contribution in [3.63, 3.8) is 0 Å². The van der Waals surface area contributed by atoms with Crippen LogP contribution in [0.3, 0.4) is 0 Å². The Morgan fingerprint density at radius 3 is 2.47 bits per heavy atom. The van der Waals surface area contributed by atoms with Crippen molar-refractivity contribution in [2.75, 3.05) is 11.4 Å². The molecular formula is C11H10ClNO2. The fraction of sp³-hybridized carbons (Fsp3) is 0.182. The number of carbonyl (C=O) groups is 1. The largest absolute Gasteiger partial charge is 0.386 e. The van der Waals surface area contributed by atoms with Crippen molar-refractivity contribution in [1.82, 2.24) is 0 Å². The summed E-state index contributed by atoms with van der Waals surface area (Å²) in [4.78, 5) is 13.1. The van der Waals surface area contributed by atoms with E-state index in [1.807, 2.05) is 0 Å². The first-order chi connectivity index (χ1) is 7.09. The zero-order valence-corrected chi connectivity index (χ0v) is 8.74. The highest BCUT2D eigenvalue weighted by Gasteiger charge is 2.32. The highest BCUT2D eigenvalue weighted by Crippen LogP contribution is 2.25. The Hall–Kier alpha value is -1.32. The van der Waals surface area contributed by atoms with Gasteiger partial charge < -0.3 is 10.0 Å². The van der Waals surface area contributed by atoms with Gasteiger partial charge in [-0.2, -0.15) is 0 Å². The van der Waals surface area contributed by atoms with E-state index in [-0.39, 0.29) is 18.0 Å².